The number of anilines is 2. The second kappa shape index (κ2) is 16.3. The zero-order chi connectivity index (χ0) is 44.9. The van der Waals surface area contributed by atoms with Gasteiger partial charge in [0, 0.05) is 68.6 Å². The number of allylic oxidation sites excluding steroid dienone is 1. The first-order valence-corrected chi connectivity index (χ1v) is 22.7. The summed E-state index contributed by atoms with van der Waals surface area (Å²) in [5.41, 5.74) is 12.5. The van der Waals surface area contributed by atoms with Crippen molar-refractivity contribution in [3.05, 3.63) is 228 Å². The molecular weight excluding hydrogens is 793 g/mol. The minimum atomic E-state index is -0.209. The van der Waals surface area contributed by atoms with Crippen molar-refractivity contribution in [1.29, 1.82) is 0 Å². The van der Waals surface area contributed by atoms with Crippen molar-refractivity contribution in [2.24, 2.45) is 5.41 Å². The average Bonchev–Trinajstić information content (AvgIpc) is 3.94. The van der Waals surface area contributed by atoms with Crippen LogP contribution >= 0.6 is 0 Å². The van der Waals surface area contributed by atoms with Gasteiger partial charge in [-0.15, -0.1) is 0 Å². The summed E-state index contributed by atoms with van der Waals surface area (Å²) in [6.07, 6.45) is 4.28. The lowest BCUT2D eigenvalue weighted by Crippen LogP contribution is -2.30. The van der Waals surface area contributed by atoms with E-state index in [0.29, 0.717) is 6.67 Å². The van der Waals surface area contributed by atoms with E-state index in [1.807, 2.05) is 6.20 Å². The average molecular weight is 849 g/mol. The van der Waals surface area contributed by atoms with Gasteiger partial charge < -0.3 is 14.5 Å². The number of rotatable bonds is 10. The lowest BCUT2D eigenvalue weighted by atomic mass is 9.77. The van der Waals surface area contributed by atoms with Gasteiger partial charge in [0.25, 0.3) is 0 Å². The lowest BCUT2D eigenvalue weighted by molar-refractivity contribution is 0.481. The van der Waals surface area contributed by atoms with Crippen molar-refractivity contribution in [3.63, 3.8) is 0 Å². The first kappa shape index (κ1) is 41.6. The van der Waals surface area contributed by atoms with Gasteiger partial charge in [-0.25, -0.2) is 4.98 Å². The maximum Gasteiger partial charge on any atom is 0.137 e. The van der Waals surface area contributed by atoms with Gasteiger partial charge in [-0.2, -0.15) is 0 Å². The molecule has 0 amide bonds. The Bertz CT molecular complexity index is 3190. The van der Waals surface area contributed by atoms with Gasteiger partial charge in [-0.3, -0.25) is 4.57 Å². The fraction of sp³-hybridized carbons (Fsp3) is 0.183. The molecule has 10 rings (SSSR count). The number of ether oxygens (including phenoxy) is 1. The van der Waals surface area contributed by atoms with Crippen molar-refractivity contribution in [2.75, 3.05) is 16.5 Å². The van der Waals surface area contributed by atoms with E-state index in [1.54, 1.807) is 0 Å². The highest BCUT2D eigenvalue weighted by Gasteiger charge is 2.33. The predicted octanol–water partition coefficient (Wildman–Crippen LogP) is 15.5. The molecule has 9 aromatic rings. The number of aromatic nitrogens is 2. The first-order valence-electron chi connectivity index (χ1n) is 22.7. The number of benzene rings is 7. The standard InChI is InChI=1S/C60H56N4O/c1-58(2,3)56-40-62(49-35-43(42-20-11-8-12-21-42)34-47(36-49)60(6,7)45-24-15-10-16-25-45)41-63(56)48-26-19-27-50(38-48)65-51-30-31-53-52-28-17-18-29-54(52)64(55(53)39-51)57-37-46(32-33-61-57)59(4,5)44-22-13-9-14-23-44/h8-40H,41H2,1-7H3. The molecule has 0 unspecified atom stereocenters. The van der Waals surface area contributed by atoms with Gasteiger partial charge in [0.1, 0.15) is 17.3 Å². The maximum atomic E-state index is 6.81. The Labute approximate surface area is 383 Å². The number of nitrogens with zero attached hydrogens (tertiary/aromatic N) is 4. The molecule has 322 valence electrons. The van der Waals surface area contributed by atoms with E-state index in [0.717, 1.165) is 45.1 Å². The minimum Gasteiger partial charge on any atom is -0.457 e. The predicted molar refractivity (Wildman–Crippen MR) is 271 cm³/mol. The lowest BCUT2D eigenvalue weighted by Gasteiger charge is -2.31. The second-order valence-corrected chi connectivity index (χ2v) is 19.5. The van der Waals surface area contributed by atoms with E-state index < -0.39 is 0 Å². The molecule has 0 aliphatic carbocycles. The quantitative estimate of drug-likeness (QED) is 0.137. The number of fused-ring (bicyclic) bond motifs is 3. The summed E-state index contributed by atoms with van der Waals surface area (Å²) in [7, 11) is 0. The van der Waals surface area contributed by atoms with Crippen molar-refractivity contribution in [1.82, 2.24) is 9.55 Å². The number of hydrogen-bond acceptors (Lipinski definition) is 4. The Morgan fingerprint density at radius 1 is 0.462 bits per heavy atom. The van der Waals surface area contributed by atoms with E-state index in [2.05, 4.69) is 257 Å². The Morgan fingerprint density at radius 2 is 1.09 bits per heavy atom. The highest BCUT2D eigenvalue weighted by Crippen LogP contribution is 2.43. The van der Waals surface area contributed by atoms with Crippen LogP contribution in [0.2, 0.25) is 0 Å². The zero-order valence-electron chi connectivity index (χ0n) is 38.5. The third kappa shape index (κ3) is 7.86. The fourth-order valence-electron chi connectivity index (χ4n) is 9.48. The van der Waals surface area contributed by atoms with E-state index >= 15 is 0 Å². The molecule has 5 nitrogen and oxygen atoms in total. The van der Waals surface area contributed by atoms with Crippen molar-refractivity contribution < 1.29 is 4.74 Å². The monoisotopic (exact) mass is 848 g/mol. The Morgan fingerprint density at radius 3 is 1.80 bits per heavy atom. The molecule has 5 heteroatoms. The van der Waals surface area contributed by atoms with Crippen LogP contribution in [0.1, 0.15) is 70.7 Å². The van der Waals surface area contributed by atoms with Gasteiger partial charge in [-0.05, 0) is 88.0 Å². The summed E-state index contributed by atoms with van der Waals surface area (Å²) in [4.78, 5) is 9.81. The van der Waals surface area contributed by atoms with Crippen LogP contribution in [-0.4, -0.2) is 16.2 Å². The van der Waals surface area contributed by atoms with Gasteiger partial charge in [0.2, 0.25) is 0 Å². The molecule has 0 saturated heterocycles. The van der Waals surface area contributed by atoms with Crippen LogP contribution in [-0.2, 0) is 10.8 Å². The molecule has 0 fully saturated rings. The maximum absolute atomic E-state index is 6.81. The molecule has 65 heavy (non-hydrogen) atoms. The summed E-state index contributed by atoms with van der Waals surface area (Å²) in [6.45, 7) is 16.8. The number of hydrogen-bond donors (Lipinski definition) is 0. The highest BCUT2D eigenvalue weighted by atomic mass is 16.5. The third-order valence-electron chi connectivity index (χ3n) is 13.4. The van der Waals surface area contributed by atoms with Crippen molar-refractivity contribution in [2.45, 2.75) is 59.3 Å². The summed E-state index contributed by atoms with van der Waals surface area (Å²) in [5.74, 6) is 2.42. The summed E-state index contributed by atoms with van der Waals surface area (Å²) in [5, 5.41) is 2.33. The number of pyridine rings is 1. The van der Waals surface area contributed by atoms with Gasteiger partial charge in [0.15, 0.2) is 0 Å². The molecule has 0 saturated carbocycles. The Hall–Kier alpha value is -7.37. The van der Waals surface area contributed by atoms with Crippen LogP contribution in [0.4, 0.5) is 11.4 Å². The molecule has 7 aromatic carbocycles. The molecule has 0 N–H and O–H groups in total. The SMILES string of the molecule is CC(C)(C)C1=CN(c2cc(-c3ccccc3)cc(C(C)(C)c3ccccc3)c2)CN1c1cccc(Oc2ccc3c4ccccc4n(-c4cc(C(C)(C)c5ccccc5)ccn4)c3c2)c1. The van der Waals surface area contributed by atoms with E-state index in [9.17, 15) is 0 Å². The molecule has 0 spiro atoms. The highest BCUT2D eigenvalue weighted by molar-refractivity contribution is 6.09. The van der Waals surface area contributed by atoms with Crippen molar-refractivity contribution in [3.8, 4) is 28.4 Å². The normalized spacial score (nSPS) is 13.4. The molecule has 0 radical (unpaired) electrons. The molecule has 1 aliphatic rings. The Balaban J connectivity index is 0.992. The van der Waals surface area contributed by atoms with E-state index in [4.69, 9.17) is 9.72 Å². The van der Waals surface area contributed by atoms with Gasteiger partial charge in [-0.1, -0.05) is 170 Å². The van der Waals surface area contributed by atoms with E-state index in [-0.39, 0.29) is 16.2 Å². The summed E-state index contributed by atoms with van der Waals surface area (Å²) in [6, 6.07) is 67.2. The molecular formula is C60H56N4O. The zero-order valence-corrected chi connectivity index (χ0v) is 38.5. The second-order valence-electron chi connectivity index (χ2n) is 19.5. The summed E-state index contributed by atoms with van der Waals surface area (Å²) < 4.78 is 9.08. The van der Waals surface area contributed by atoms with Crippen LogP contribution in [0, 0.1) is 5.41 Å². The molecule has 2 aromatic heterocycles. The Kier molecular flexibility index (Phi) is 10.5. The third-order valence-corrected chi connectivity index (χ3v) is 13.4. The molecule has 0 atom stereocenters. The van der Waals surface area contributed by atoms with Crippen LogP contribution in [0.5, 0.6) is 11.5 Å². The van der Waals surface area contributed by atoms with E-state index in [1.165, 1.54) is 44.5 Å². The molecule has 1 aliphatic heterocycles. The van der Waals surface area contributed by atoms with Gasteiger partial charge >= 0.3 is 0 Å². The van der Waals surface area contributed by atoms with Crippen LogP contribution < -0.4 is 14.5 Å². The van der Waals surface area contributed by atoms with Crippen LogP contribution in [0.25, 0.3) is 38.8 Å². The fourth-order valence-corrected chi connectivity index (χ4v) is 9.48. The number of para-hydroxylation sites is 1. The van der Waals surface area contributed by atoms with Crippen LogP contribution in [0.15, 0.2) is 206 Å². The van der Waals surface area contributed by atoms with Crippen molar-refractivity contribution >= 4 is 33.2 Å². The van der Waals surface area contributed by atoms with Gasteiger partial charge in [0.05, 0.1) is 17.7 Å². The first-order chi connectivity index (χ1) is 31.3. The topological polar surface area (TPSA) is 33.5 Å². The molecule has 3 heterocycles. The minimum absolute atomic E-state index is 0.130. The summed E-state index contributed by atoms with van der Waals surface area (Å²) >= 11 is 0. The van der Waals surface area contributed by atoms with Crippen LogP contribution in [0.3, 0.4) is 0 Å². The molecule has 0 bridgehead atoms. The largest absolute Gasteiger partial charge is 0.457 e. The smallest absolute Gasteiger partial charge is 0.137 e.